The summed E-state index contributed by atoms with van der Waals surface area (Å²) in [5.74, 6) is -0.854. The van der Waals surface area contributed by atoms with E-state index in [0.29, 0.717) is 6.42 Å². The van der Waals surface area contributed by atoms with E-state index in [2.05, 4.69) is 11.3 Å². The van der Waals surface area contributed by atoms with Crippen molar-refractivity contribution < 1.29 is 19.1 Å². The van der Waals surface area contributed by atoms with Gasteiger partial charge in [0.25, 0.3) is 0 Å². The number of esters is 2. The van der Waals surface area contributed by atoms with Gasteiger partial charge >= 0.3 is 11.9 Å². The van der Waals surface area contributed by atoms with E-state index in [-0.39, 0.29) is 19.2 Å². The maximum atomic E-state index is 10.8. The van der Waals surface area contributed by atoms with Gasteiger partial charge in [-0.2, -0.15) is 0 Å². The van der Waals surface area contributed by atoms with Crippen LogP contribution in [0, 0.1) is 0 Å². The van der Waals surface area contributed by atoms with Crippen molar-refractivity contribution in [1.82, 2.24) is 0 Å². The van der Waals surface area contributed by atoms with E-state index in [9.17, 15) is 9.59 Å². The molecule has 0 aromatic rings. The van der Waals surface area contributed by atoms with Crippen LogP contribution in [0.15, 0.2) is 24.8 Å². The first-order chi connectivity index (χ1) is 6.70. The van der Waals surface area contributed by atoms with Gasteiger partial charge in [-0.3, -0.25) is 0 Å². The first kappa shape index (κ1) is 12.4. The fraction of sp³-hybridized carbons (Fsp3) is 0.400. The van der Waals surface area contributed by atoms with Gasteiger partial charge in [-0.05, 0) is 6.92 Å². The normalized spacial score (nSPS) is 9.79. The van der Waals surface area contributed by atoms with Crippen LogP contribution >= 0.6 is 0 Å². The highest BCUT2D eigenvalue weighted by molar-refractivity contribution is 5.81. The van der Waals surface area contributed by atoms with Crippen LogP contribution in [0.1, 0.15) is 13.3 Å². The molecule has 0 aromatic heterocycles. The molecule has 0 aliphatic heterocycles. The Morgan fingerprint density at radius 1 is 1.21 bits per heavy atom. The minimum absolute atomic E-state index is 0.230. The first-order valence-corrected chi connectivity index (χ1v) is 4.29. The van der Waals surface area contributed by atoms with Gasteiger partial charge in [0, 0.05) is 18.6 Å². The molecule has 14 heavy (non-hydrogen) atoms. The van der Waals surface area contributed by atoms with Crippen molar-refractivity contribution in [2.45, 2.75) is 13.3 Å². The van der Waals surface area contributed by atoms with Gasteiger partial charge < -0.3 is 9.47 Å². The number of rotatable bonds is 6. The highest BCUT2D eigenvalue weighted by Crippen LogP contribution is 1.88. The maximum absolute atomic E-state index is 10.8. The topological polar surface area (TPSA) is 52.6 Å². The summed E-state index contributed by atoms with van der Waals surface area (Å²) in [6.07, 6.45) is 4.50. The van der Waals surface area contributed by atoms with E-state index in [4.69, 9.17) is 4.74 Å². The second-order valence-electron chi connectivity index (χ2n) is 2.39. The lowest BCUT2D eigenvalue weighted by Crippen LogP contribution is -2.07. The van der Waals surface area contributed by atoms with Crippen molar-refractivity contribution in [3.05, 3.63) is 24.8 Å². The van der Waals surface area contributed by atoms with E-state index in [1.165, 1.54) is 6.08 Å². The standard InChI is InChI=1S/C10H14O4/c1-3-6-10(12)14-8-5-7-13-9(11)4-2/h3-4,6H,2,5,7-8H2,1H3/b6-3+. The lowest BCUT2D eigenvalue weighted by molar-refractivity contribution is -0.140. The van der Waals surface area contributed by atoms with E-state index in [1.54, 1.807) is 13.0 Å². The zero-order chi connectivity index (χ0) is 10.8. The van der Waals surface area contributed by atoms with Crippen molar-refractivity contribution >= 4 is 11.9 Å². The summed E-state index contributed by atoms with van der Waals surface area (Å²) in [4.78, 5) is 21.3. The van der Waals surface area contributed by atoms with Crippen molar-refractivity contribution in [3.8, 4) is 0 Å². The van der Waals surface area contributed by atoms with Crippen LogP contribution in [0.25, 0.3) is 0 Å². The van der Waals surface area contributed by atoms with Gasteiger partial charge in [0.1, 0.15) is 0 Å². The number of hydrogen-bond donors (Lipinski definition) is 0. The van der Waals surface area contributed by atoms with Gasteiger partial charge in [-0.25, -0.2) is 9.59 Å². The van der Waals surface area contributed by atoms with E-state index < -0.39 is 5.97 Å². The number of allylic oxidation sites excluding steroid dienone is 1. The molecule has 0 fully saturated rings. The predicted octanol–water partition coefficient (Wildman–Crippen LogP) is 1.22. The van der Waals surface area contributed by atoms with Gasteiger partial charge in [-0.1, -0.05) is 12.7 Å². The van der Waals surface area contributed by atoms with Gasteiger partial charge in [-0.15, -0.1) is 0 Å². The fourth-order valence-corrected chi connectivity index (χ4v) is 0.648. The molecular weight excluding hydrogens is 184 g/mol. The summed E-state index contributed by atoms with van der Waals surface area (Å²) in [5.41, 5.74) is 0. The minimum Gasteiger partial charge on any atom is -0.462 e. The van der Waals surface area contributed by atoms with Crippen LogP contribution in [0.3, 0.4) is 0 Å². The fourth-order valence-electron chi connectivity index (χ4n) is 0.648. The highest BCUT2D eigenvalue weighted by atomic mass is 16.5. The zero-order valence-electron chi connectivity index (χ0n) is 8.19. The SMILES string of the molecule is C=CC(=O)OCCCOC(=O)/C=C/C. The predicted molar refractivity (Wildman–Crippen MR) is 51.5 cm³/mol. The van der Waals surface area contributed by atoms with Gasteiger partial charge in [0.15, 0.2) is 0 Å². The maximum Gasteiger partial charge on any atom is 0.330 e. The van der Waals surface area contributed by atoms with Crippen LogP contribution in [0.2, 0.25) is 0 Å². The van der Waals surface area contributed by atoms with Crippen molar-refractivity contribution in [1.29, 1.82) is 0 Å². The molecule has 0 radical (unpaired) electrons. The van der Waals surface area contributed by atoms with Gasteiger partial charge in [0.05, 0.1) is 13.2 Å². The minimum atomic E-state index is -0.468. The third kappa shape index (κ3) is 7.09. The summed E-state index contributed by atoms with van der Waals surface area (Å²) in [6.45, 7) is 5.45. The molecule has 0 atom stereocenters. The van der Waals surface area contributed by atoms with Crippen LogP contribution in [0.5, 0.6) is 0 Å². The Bertz CT molecular complexity index is 230. The van der Waals surface area contributed by atoms with E-state index >= 15 is 0 Å². The number of carbonyl (C=O) groups excluding carboxylic acids is 2. The average Bonchev–Trinajstić information content (AvgIpc) is 2.17. The largest absolute Gasteiger partial charge is 0.462 e. The van der Waals surface area contributed by atoms with Crippen LogP contribution in [-0.4, -0.2) is 25.2 Å². The second kappa shape index (κ2) is 8.04. The van der Waals surface area contributed by atoms with Crippen molar-refractivity contribution in [2.24, 2.45) is 0 Å². The number of ether oxygens (including phenoxy) is 2. The zero-order valence-corrected chi connectivity index (χ0v) is 8.19. The van der Waals surface area contributed by atoms with E-state index in [0.717, 1.165) is 6.08 Å². The summed E-state index contributed by atoms with van der Waals surface area (Å²) in [7, 11) is 0. The molecule has 0 rings (SSSR count). The molecule has 0 aliphatic carbocycles. The second-order valence-corrected chi connectivity index (χ2v) is 2.39. The highest BCUT2D eigenvalue weighted by Gasteiger charge is 1.97. The number of hydrogen-bond acceptors (Lipinski definition) is 4. The van der Waals surface area contributed by atoms with Crippen molar-refractivity contribution in [3.63, 3.8) is 0 Å². The van der Waals surface area contributed by atoms with Gasteiger partial charge in [0.2, 0.25) is 0 Å². The molecule has 0 amide bonds. The molecular formula is C10H14O4. The van der Waals surface area contributed by atoms with Crippen LogP contribution in [-0.2, 0) is 19.1 Å². The molecule has 0 N–H and O–H groups in total. The Labute approximate surface area is 83.2 Å². The lowest BCUT2D eigenvalue weighted by Gasteiger charge is -2.02. The summed E-state index contributed by atoms with van der Waals surface area (Å²) in [6, 6.07) is 0. The molecule has 0 saturated carbocycles. The van der Waals surface area contributed by atoms with Crippen molar-refractivity contribution in [2.75, 3.05) is 13.2 Å². The lowest BCUT2D eigenvalue weighted by atomic mass is 10.5. The smallest absolute Gasteiger partial charge is 0.330 e. The number of carbonyl (C=O) groups is 2. The Balaban J connectivity index is 3.34. The quantitative estimate of drug-likeness (QED) is 0.366. The first-order valence-electron chi connectivity index (χ1n) is 4.29. The molecule has 0 bridgehead atoms. The molecule has 4 nitrogen and oxygen atoms in total. The Kier molecular flexibility index (Phi) is 7.13. The third-order valence-corrected chi connectivity index (χ3v) is 1.25. The molecule has 0 saturated heterocycles. The Hall–Kier alpha value is -1.58. The molecule has 0 unspecified atom stereocenters. The summed E-state index contributed by atoms with van der Waals surface area (Å²) in [5, 5.41) is 0. The van der Waals surface area contributed by atoms with E-state index in [1.807, 2.05) is 0 Å². The van der Waals surface area contributed by atoms with Crippen LogP contribution < -0.4 is 0 Å². The monoisotopic (exact) mass is 198 g/mol. The molecule has 0 spiro atoms. The average molecular weight is 198 g/mol. The molecule has 0 aromatic carbocycles. The Morgan fingerprint density at radius 3 is 2.29 bits per heavy atom. The molecule has 78 valence electrons. The van der Waals surface area contributed by atoms with Crippen LogP contribution in [0.4, 0.5) is 0 Å². The Morgan fingerprint density at radius 2 is 1.79 bits per heavy atom. The summed E-state index contributed by atoms with van der Waals surface area (Å²) < 4.78 is 9.42. The molecule has 0 aliphatic rings. The third-order valence-electron chi connectivity index (χ3n) is 1.25. The molecule has 0 heterocycles. The summed E-state index contributed by atoms with van der Waals surface area (Å²) >= 11 is 0. The molecule has 4 heteroatoms.